The molecule has 226 valence electrons. The third-order valence-electron chi connectivity index (χ3n) is 6.27. The van der Waals surface area contributed by atoms with Gasteiger partial charge in [-0.2, -0.15) is 0 Å². The van der Waals surface area contributed by atoms with Crippen molar-refractivity contribution in [2.75, 3.05) is 13.2 Å². The maximum atomic E-state index is 12.2. The number of nitro groups is 2. The molecule has 0 saturated heterocycles. The number of ether oxygens (including phenoxy) is 4. The van der Waals surface area contributed by atoms with Crippen molar-refractivity contribution >= 4 is 23.3 Å². The minimum atomic E-state index is -0.614. The molecule has 12 nitrogen and oxygen atoms in total. The number of rotatable bonds is 15. The molecule has 4 aromatic carbocycles. The summed E-state index contributed by atoms with van der Waals surface area (Å²) in [5.41, 5.74) is 0.206. The Bertz CT molecular complexity index is 1450. The average molecular weight is 601 g/mol. The van der Waals surface area contributed by atoms with E-state index in [1.165, 1.54) is 48.5 Å². The molecule has 0 bridgehead atoms. The highest BCUT2D eigenvalue weighted by atomic mass is 16.6. The molecule has 0 atom stereocenters. The summed E-state index contributed by atoms with van der Waals surface area (Å²) in [7, 11) is 0. The Kier molecular flexibility index (Phi) is 10.9. The van der Waals surface area contributed by atoms with Gasteiger partial charge in [0.1, 0.15) is 23.0 Å². The van der Waals surface area contributed by atoms with Crippen molar-refractivity contribution in [3.05, 3.63) is 128 Å². The van der Waals surface area contributed by atoms with Gasteiger partial charge < -0.3 is 18.9 Å². The summed E-state index contributed by atoms with van der Waals surface area (Å²) in [5, 5.41) is 21.5. The van der Waals surface area contributed by atoms with Gasteiger partial charge in [0.2, 0.25) is 0 Å². The van der Waals surface area contributed by atoms with E-state index in [0.717, 1.165) is 25.7 Å². The first kappa shape index (κ1) is 31.2. The van der Waals surface area contributed by atoms with E-state index in [-0.39, 0.29) is 22.5 Å². The lowest BCUT2D eigenvalue weighted by Crippen LogP contribution is -2.08. The van der Waals surface area contributed by atoms with Gasteiger partial charge in [0.15, 0.2) is 0 Å². The van der Waals surface area contributed by atoms with E-state index in [9.17, 15) is 29.8 Å². The van der Waals surface area contributed by atoms with Gasteiger partial charge in [-0.25, -0.2) is 9.59 Å². The first-order valence-electron chi connectivity index (χ1n) is 13.7. The number of esters is 2. The first-order chi connectivity index (χ1) is 21.3. The molecule has 4 rings (SSSR count). The molecule has 0 fully saturated rings. The molecule has 0 aliphatic rings. The molecular weight excluding hydrogens is 572 g/mol. The minimum absolute atomic E-state index is 0.105. The van der Waals surface area contributed by atoms with Crippen LogP contribution in [0.4, 0.5) is 11.4 Å². The second kappa shape index (κ2) is 15.4. The summed E-state index contributed by atoms with van der Waals surface area (Å²) in [4.78, 5) is 44.9. The minimum Gasteiger partial charge on any atom is -0.494 e. The zero-order chi connectivity index (χ0) is 31.3. The number of hydrogen-bond acceptors (Lipinski definition) is 10. The van der Waals surface area contributed by atoms with Crippen LogP contribution in [0, 0.1) is 20.2 Å². The zero-order valence-corrected chi connectivity index (χ0v) is 23.5. The SMILES string of the molecule is O=C(Oc1ccc(OCCCCCCOc2ccc(OC(=O)c3ccc([N+](=O)[O-])cc3)cc2)cc1)c1ccc([N+](=O)[O-])cc1. The van der Waals surface area contributed by atoms with Crippen LogP contribution in [-0.4, -0.2) is 35.0 Å². The van der Waals surface area contributed by atoms with Crippen molar-refractivity contribution in [2.45, 2.75) is 25.7 Å². The molecule has 0 amide bonds. The molecule has 12 heteroatoms. The van der Waals surface area contributed by atoms with Gasteiger partial charge >= 0.3 is 11.9 Å². The lowest BCUT2D eigenvalue weighted by molar-refractivity contribution is -0.385. The van der Waals surface area contributed by atoms with E-state index in [1.54, 1.807) is 48.5 Å². The van der Waals surface area contributed by atoms with Gasteiger partial charge in [0.05, 0.1) is 34.2 Å². The van der Waals surface area contributed by atoms with E-state index >= 15 is 0 Å². The number of benzene rings is 4. The molecule has 0 N–H and O–H groups in total. The maximum absolute atomic E-state index is 12.2. The van der Waals surface area contributed by atoms with E-state index in [1.807, 2.05) is 0 Å². The Morgan fingerprint density at radius 3 is 1.11 bits per heavy atom. The van der Waals surface area contributed by atoms with Crippen LogP contribution < -0.4 is 18.9 Å². The summed E-state index contributed by atoms with van der Waals surface area (Å²) < 4.78 is 22.1. The summed E-state index contributed by atoms with van der Waals surface area (Å²) >= 11 is 0. The van der Waals surface area contributed by atoms with Crippen LogP contribution in [0.1, 0.15) is 46.4 Å². The molecule has 0 aliphatic carbocycles. The Balaban J connectivity index is 1.07. The average Bonchev–Trinajstić information content (AvgIpc) is 3.04. The number of carbonyl (C=O) groups excluding carboxylic acids is 2. The summed E-state index contributed by atoms with van der Waals surface area (Å²) in [6, 6.07) is 23.6. The van der Waals surface area contributed by atoms with Crippen LogP contribution in [0.2, 0.25) is 0 Å². The van der Waals surface area contributed by atoms with Gasteiger partial charge in [-0.1, -0.05) is 0 Å². The maximum Gasteiger partial charge on any atom is 0.343 e. The molecule has 0 spiro atoms. The molecule has 0 aromatic heterocycles. The van der Waals surface area contributed by atoms with Crippen molar-refractivity contribution in [2.24, 2.45) is 0 Å². The normalized spacial score (nSPS) is 10.5. The Hall–Kier alpha value is -5.78. The molecule has 0 saturated carbocycles. The van der Waals surface area contributed by atoms with Gasteiger partial charge in [-0.05, 0) is 98.5 Å². The van der Waals surface area contributed by atoms with Crippen LogP contribution >= 0.6 is 0 Å². The lowest BCUT2D eigenvalue weighted by Gasteiger charge is -2.09. The third-order valence-corrected chi connectivity index (χ3v) is 6.27. The van der Waals surface area contributed by atoms with E-state index in [0.29, 0.717) is 36.2 Å². The molecule has 4 aromatic rings. The van der Waals surface area contributed by atoms with Gasteiger partial charge in [0.25, 0.3) is 11.4 Å². The van der Waals surface area contributed by atoms with Crippen molar-refractivity contribution in [1.82, 2.24) is 0 Å². The van der Waals surface area contributed by atoms with Crippen molar-refractivity contribution in [1.29, 1.82) is 0 Å². The number of nitro benzene ring substituents is 2. The van der Waals surface area contributed by atoms with E-state index < -0.39 is 21.8 Å². The van der Waals surface area contributed by atoms with Crippen LogP contribution in [0.15, 0.2) is 97.1 Å². The highest BCUT2D eigenvalue weighted by Crippen LogP contribution is 2.22. The molecule has 0 radical (unpaired) electrons. The molecule has 44 heavy (non-hydrogen) atoms. The molecular formula is C32H28N2O10. The Labute approximate surface area is 252 Å². The van der Waals surface area contributed by atoms with Crippen LogP contribution in [0.5, 0.6) is 23.0 Å². The number of carbonyl (C=O) groups is 2. The zero-order valence-electron chi connectivity index (χ0n) is 23.5. The highest BCUT2D eigenvalue weighted by Gasteiger charge is 2.13. The van der Waals surface area contributed by atoms with Crippen molar-refractivity contribution < 1.29 is 38.4 Å². The quantitative estimate of drug-likeness (QED) is 0.0459. The first-order valence-corrected chi connectivity index (χ1v) is 13.7. The third kappa shape index (κ3) is 9.38. The van der Waals surface area contributed by atoms with E-state index in [4.69, 9.17) is 18.9 Å². The Morgan fingerprint density at radius 1 is 0.477 bits per heavy atom. The van der Waals surface area contributed by atoms with Gasteiger partial charge in [-0.15, -0.1) is 0 Å². The fourth-order valence-corrected chi connectivity index (χ4v) is 3.92. The highest BCUT2D eigenvalue weighted by molar-refractivity contribution is 5.91. The molecule has 0 heterocycles. The summed E-state index contributed by atoms with van der Waals surface area (Å²) in [5.74, 6) is 0.724. The van der Waals surface area contributed by atoms with Gasteiger partial charge in [0, 0.05) is 24.3 Å². The second-order valence-corrected chi connectivity index (χ2v) is 9.44. The monoisotopic (exact) mass is 600 g/mol. The smallest absolute Gasteiger partial charge is 0.343 e. The predicted molar refractivity (Wildman–Crippen MR) is 158 cm³/mol. The number of nitrogens with zero attached hydrogens (tertiary/aromatic N) is 2. The number of unbranched alkanes of at least 4 members (excludes halogenated alkanes) is 3. The standard InChI is InChI=1S/C32H28N2O10/c35-31(23-5-9-25(10-6-23)33(37)38)43-29-17-13-27(14-18-29)41-21-3-1-2-4-22-42-28-15-19-30(20-16-28)44-32(36)24-7-11-26(12-8-24)34(39)40/h5-20H,1-4,21-22H2. The second-order valence-electron chi connectivity index (χ2n) is 9.44. The number of hydrogen-bond donors (Lipinski definition) is 0. The topological polar surface area (TPSA) is 157 Å². The lowest BCUT2D eigenvalue weighted by atomic mass is 10.2. The summed E-state index contributed by atoms with van der Waals surface area (Å²) in [6.07, 6.45) is 3.61. The molecule has 0 aliphatic heterocycles. The van der Waals surface area contributed by atoms with Gasteiger partial charge in [-0.3, -0.25) is 20.2 Å². The predicted octanol–water partition coefficient (Wildman–Crippen LogP) is 6.96. The largest absolute Gasteiger partial charge is 0.494 e. The van der Waals surface area contributed by atoms with Crippen LogP contribution in [0.3, 0.4) is 0 Å². The van der Waals surface area contributed by atoms with Crippen molar-refractivity contribution in [3.63, 3.8) is 0 Å². The fraction of sp³-hybridized carbons (Fsp3) is 0.188. The molecule has 0 unspecified atom stereocenters. The Morgan fingerprint density at radius 2 is 0.795 bits per heavy atom. The van der Waals surface area contributed by atoms with Crippen molar-refractivity contribution in [3.8, 4) is 23.0 Å². The number of non-ortho nitro benzene ring substituents is 2. The van der Waals surface area contributed by atoms with Crippen LogP contribution in [0.25, 0.3) is 0 Å². The fourth-order valence-electron chi connectivity index (χ4n) is 3.92. The van der Waals surface area contributed by atoms with Crippen LogP contribution in [-0.2, 0) is 0 Å². The van der Waals surface area contributed by atoms with E-state index in [2.05, 4.69) is 0 Å². The summed E-state index contributed by atoms with van der Waals surface area (Å²) in [6.45, 7) is 1.06.